The van der Waals surface area contributed by atoms with Crippen molar-refractivity contribution in [3.63, 3.8) is 0 Å². The minimum absolute atomic E-state index is 0.513. The van der Waals surface area contributed by atoms with E-state index in [9.17, 15) is 5.26 Å². The first-order valence-electron chi connectivity index (χ1n) is 8.03. The number of aromatic nitrogens is 2. The van der Waals surface area contributed by atoms with E-state index in [1.54, 1.807) is 6.20 Å². The van der Waals surface area contributed by atoms with Crippen LogP contribution in [0.1, 0.15) is 29.6 Å². The molecule has 1 N–H and O–H groups in total. The molecule has 0 atom stereocenters. The topological polar surface area (TPSA) is 61.6 Å². The van der Waals surface area contributed by atoms with Gasteiger partial charge in [-0.1, -0.05) is 37.6 Å². The number of hydrogen-bond donors (Lipinski definition) is 1. The van der Waals surface area contributed by atoms with E-state index in [0.717, 1.165) is 39.9 Å². The van der Waals surface area contributed by atoms with Gasteiger partial charge in [-0.25, -0.2) is 9.97 Å². The number of benzene rings is 1. The van der Waals surface area contributed by atoms with Crippen LogP contribution < -0.4 is 5.32 Å². The van der Waals surface area contributed by atoms with Crippen LogP contribution in [0.3, 0.4) is 0 Å². The first-order valence-corrected chi connectivity index (χ1v) is 9.79. The molecular weight excluding hydrogens is 348 g/mol. The van der Waals surface area contributed by atoms with Crippen molar-refractivity contribution in [3.05, 3.63) is 57.5 Å². The smallest absolute Gasteiger partial charge is 0.187 e. The molecule has 0 aliphatic rings. The van der Waals surface area contributed by atoms with Crippen LogP contribution in [-0.4, -0.2) is 9.97 Å². The lowest BCUT2D eigenvalue weighted by Crippen LogP contribution is -1.91. The molecule has 2 heterocycles. The number of aryl methyl sites for hydroxylation is 2. The molecule has 0 amide bonds. The van der Waals surface area contributed by atoms with E-state index >= 15 is 0 Å². The molecule has 3 aromatic rings. The summed E-state index contributed by atoms with van der Waals surface area (Å²) >= 11 is 2.98. The maximum absolute atomic E-state index is 9.31. The van der Waals surface area contributed by atoms with Gasteiger partial charge in [0.2, 0.25) is 0 Å². The van der Waals surface area contributed by atoms with Crippen LogP contribution >= 0.6 is 22.7 Å². The largest absolute Gasteiger partial charge is 0.337 e. The first kappa shape index (κ1) is 17.3. The van der Waals surface area contributed by atoms with Crippen LogP contribution in [0, 0.1) is 18.3 Å². The molecule has 2 aromatic heterocycles. The Bertz CT molecular complexity index is 914. The normalized spacial score (nSPS) is 11.3. The highest BCUT2D eigenvalue weighted by molar-refractivity contribution is 7.14. The van der Waals surface area contributed by atoms with Crippen LogP contribution in [0.5, 0.6) is 0 Å². The highest BCUT2D eigenvalue weighted by atomic mass is 32.1. The van der Waals surface area contributed by atoms with E-state index in [4.69, 9.17) is 0 Å². The van der Waals surface area contributed by atoms with Crippen molar-refractivity contribution in [3.8, 4) is 17.3 Å². The van der Waals surface area contributed by atoms with E-state index in [1.807, 2.05) is 17.7 Å². The average Bonchev–Trinajstić information content (AvgIpc) is 3.26. The van der Waals surface area contributed by atoms with Crippen molar-refractivity contribution in [1.29, 1.82) is 5.26 Å². The van der Waals surface area contributed by atoms with Crippen molar-refractivity contribution in [1.82, 2.24) is 9.97 Å². The monoisotopic (exact) mass is 366 g/mol. The Morgan fingerprint density at radius 2 is 2.00 bits per heavy atom. The number of nitrogens with zero attached hydrogens (tertiary/aromatic N) is 3. The van der Waals surface area contributed by atoms with E-state index in [0.29, 0.717) is 5.57 Å². The molecule has 4 nitrogen and oxygen atoms in total. The summed E-state index contributed by atoms with van der Waals surface area (Å²) in [6, 6.07) is 10.7. The average molecular weight is 367 g/mol. The van der Waals surface area contributed by atoms with Gasteiger partial charge in [-0.05, 0) is 18.9 Å². The maximum atomic E-state index is 9.31. The van der Waals surface area contributed by atoms with Gasteiger partial charge >= 0.3 is 0 Å². The summed E-state index contributed by atoms with van der Waals surface area (Å²) in [5.74, 6) is 0. The summed E-state index contributed by atoms with van der Waals surface area (Å²) in [5, 5.41) is 17.9. The summed E-state index contributed by atoms with van der Waals surface area (Å²) in [4.78, 5) is 8.94. The van der Waals surface area contributed by atoms with Crippen LogP contribution in [0.25, 0.3) is 16.8 Å². The molecule has 0 saturated carbocycles. The van der Waals surface area contributed by atoms with Gasteiger partial charge in [-0.15, -0.1) is 22.7 Å². The summed E-state index contributed by atoms with van der Waals surface area (Å²) in [6.07, 6.45) is 3.92. The van der Waals surface area contributed by atoms with Crippen molar-refractivity contribution >= 4 is 33.4 Å². The molecule has 0 aliphatic heterocycles. The van der Waals surface area contributed by atoms with Crippen molar-refractivity contribution in [2.45, 2.75) is 26.7 Å². The van der Waals surface area contributed by atoms with Crippen molar-refractivity contribution < 1.29 is 0 Å². The maximum Gasteiger partial charge on any atom is 0.187 e. The number of nitrogens with one attached hydrogen (secondary N) is 1. The quantitative estimate of drug-likeness (QED) is 0.585. The Morgan fingerprint density at radius 1 is 1.20 bits per heavy atom. The van der Waals surface area contributed by atoms with Gasteiger partial charge < -0.3 is 5.32 Å². The summed E-state index contributed by atoms with van der Waals surface area (Å²) in [7, 11) is 0. The molecule has 0 spiro atoms. The first-order chi connectivity index (χ1) is 12.2. The molecule has 0 radical (unpaired) electrons. The number of rotatable bonds is 6. The Hall–Kier alpha value is -2.49. The zero-order chi connectivity index (χ0) is 17.6. The Balaban J connectivity index is 1.73. The fraction of sp³-hybridized carbons (Fsp3) is 0.211. The molecule has 0 saturated heterocycles. The second-order valence-electron chi connectivity index (χ2n) is 5.59. The third kappa shape index (κ3) is 4.32. The van der Waals surface area contributed by atoms with E-state index in [-0.39, 0.29) is 0 Å². The second kappa shape index (κ2) is 8.06. The van der Waals surface area contributed by atoms with Gasteiger partial charge in [-0.2, -0.15) is 5.26 Å². The van der Waals surface area contributed by atoms with Gasteiger partial charge in [-0.3, -0.25) is 0 Å². The standard InChI is InChI=1S/C19H18N4S2/c1-3-4-14-5-7-15(8-6-14)17-12-25-19(23-17)21-10-16(9-20)18-22-13(2)11-24-18/h5-8,10-12H,3-4H2,1-2H3,(H,21,23)/b16-10+. The number of thiazole rings is 2. The fourth-order valence-electron chi connectivity index (χ4n) is 2.36. The van der Waals surface area contributed by atoms with Crippen LogP contribution in [-0.2, 0) is 6.42 Å². The molecule has 126 valence electrons. The molecule has 3 rings (SSSR count). The zero-order valence-electron chi connectivity index (χ0n) is 14.1. The van der Waals surface area contributed by atoms with Crippen LogP contribution in [0.2, 0.25) is 0 Å². The van der Waals surface area contributed by atoms with E-state index < -0.39 is 0 Å². The number of nitriles is 1. The Kier molecular flexibility index (Phi) is 5.59. The molecular formula is C19H18N4S2. The van der Waals surface area contributed by atoms with Crippen molar-refractivity contribution in [2.24, 2.45) is 0 Å². The third-order valence-corrected chi connectivity index (χ3v) is 5.37. The molecule has 25 heavy (non-hydrogen) atoms. The SMILES string of the molecule is CCCc1ccc(-c2csc(N/C=C(\C#N)c3nc(C)cs3)n2)cc1. The lowest BCUT2D eigenvalue weighted by atomic mass is 10.1. The molecule has 0 fully saturated rings. The lowest BCUT2D eigenvalue weighted by molar-refractivity contribution is 0.922. The highest BCUT2D eigenvalue weighted by Gasteiger charge is 2.07. The predicted molar refractivity (Wildman–Crippen MR) is 106 cm³/mol. The summed E-state index contributed by atoms with van der Waals surface area (Å²) < 4.78 is 0. The molecule has 1 aromatic carbocycles. The fourth-order valence-corrected chi connectivity index (χ4v) is 3.81. The predicted octanol–water partition coefficient (Wildman–Crippen LogP) is 5.50. The van der Waals surface area contributed by atoms with Gasteiger partial charge in [0.15, 0.2) is 5.13 Å². The van der Waals surface area contributed by atoms with Gasteiger partial charge in [0.25, 0.3) is 0 Å². The summed E-state index contributed by atoms with van der Waals surface area (Å²) in [6.45, 7) is 4.10. The second-order valence-corrected chi connectivity index (χ2v) is 7.31. The minimum atomic E-state index is 0.513. The van der Waals surface area contributed by atoms with Crippen LogP contribution in [0.4, 0.5) is 5.13 Å². The molecule has 6 heteroatoms. The highest BCUT2D eigenvalue weighted by Crippen LogP contribution is 2.26. The lowest BCUT2D eigenvalue weighted by Gasteiger charge is -2.00. The van der Waals surface area contributed by atoms with Gasteiger partial charge in [0, 0.05) is 28.2 Å². The summed E-state index contributed by atoms with van der Waals surface area (Å²) in [5.41, 5.74) is 4.82. The number of anilines is 1. The number of allylic oxidation sites excluding steroid dienone is 1. The molecule has 0 bridgehead atoms. The Labute approximate surface area is 155 Å². The third-order valence-electron chi connectivity index (χ3n) is 3.60. The molecule has 0 unspecified atom stereocenters. The zero-order valence-corrected chi connectivity index (χ0v) is 15.7. The Morgan fingerprint density at radius 3 is 2.64 bits per heavy atom. The number of hydrogen-bond acceptors (Lipinski definition) is 6. The van der Waals surface area contributed by atoms with E-state index in [1.165, 1.54) is 28.2 Å². The van der Waals surface area contributed by atoms with Crippen LogP contribution in [0.15, 0.2) is 41.2 Å². The van der Waals surface area contributed by atoms with E-state index in [2.05, 4.69) is 52.5 Å². The minimum Gasteiger partial charge on any atom is -0.337 e. The van der Waals surface area contributed by atoms with Gasteiger partial charge in [0.05, 0.1) is 5.69 Å². The van der Waals surface area contributed by atoms with Gasteiger partial charge in [0.1, 0.15) is 16.6 Å². The van der Waals surface area contributed by atoms with Crippen molar-refractivity contribution in [2.75, 3.05) is 5.32 Å². The molecule has 0 aliphatic carbocycles.